The first-order valence-electron chi connectivity index (χ1n) is 12.7. The van der Waals surface area contributed by atoms with Crippen LogP contribution in [0.25, 0.3) is 22.2 Å². The van der Waals surface area contributed by atoms with E-state index in [1.165, 1.54) is 17.3 Å². The Bertz CT molecular complexity index is 1410. The number of piperazine rings is 1. The van der Waals surface area contributed by atoms with Crippen LogP contribution in [-0.2, 0) is 17.7 Å². The number of imidazole rings is 1. The molecule has 0 spiro atoms. The van der Waals surface area contributed by atoms with Gasteiger partial charge in [-0.2, -0.15) is 0 Å². The summed E-state index contributed by atoms with van der Waals surface area (Å²) in [7, 11) is 0. The summed E-state index contributed by atoms with van der Waals surface area (Å²) >= 11 is 1.53. The molecule has 1 N–H and O–H groups in total. The summed E-state index contributed by atoms with van der Waals surface area (Å²) in [6.45, 7) is 9.47. The number of fused-ring (bicyclic) bond motifs is 1. The molecule has 1 aliphatic heterocycles. The average molecular weight is 532 g/mol. The van der Waals surface area contributed by atoms with E-state index in [0.717, 1.165) is 58.5 Å². The smallest absolute Gasteiger partial charge is 0.410 e. The van der Waals surface area contributed by atoms with E-state index in [0.29, 0.717) is 19.5 Å². The maximum atomic E-state index is 12.3. The van der Waals surface area contributed by atoms with Crippen molar-refractivity contribution in [2.24, 2.45) is 0 Å². The van der Waals surface area contributed by atoms with E-state index in [1.54, 1.807) is 4.90 Å². The lowest BCUT2D eigenvalue weighted by atomic mass is 10.1. The number of hydrogen-bond donors (Lipinski definition) is 1. The van der Waals surface area contributed by atoms with Crippen LogP contribution in [0.15, 0.2) is 54.1 Å². The highest BCUT2D eigenvalue weighted by Crippen LogP contribution is 2.24. The Morgan fingerprint density at radius 3 is 2.50 bits per heavy atom. The third kappa shape index (κ3) is 6.49. The number of pyridine rings is 1. The van der Waals surface area contributed by atoms with Crippen LogP contribution in [0.4, 0.5) is 4.79 Å². The van der Waals surface area contributed by atoms with E-state index < -0.39 is 5.60 Å². The van der Waals surface area contributed by atoms with Crippen molar-refractivity contribution >= 4 is 28.9 Å². The molecule has 0 unspecified atom stereocenters. The zero-order valence-corrected chi connectivity index (χ0v) is 23.1. The zero-order valence-electron chi connectivity index (χ0n) is 22.3. The molecule has 3 aromatic heterocycles. The molecule has 0 aliphatic carbocycles. The number of ether oxygens (including phenoxy) is 1. The molecule has 4 heterocycles. The van der Waals surface area contributed by atoms with Gasteiger partial charge < -0.3 is 14.6 Å². The second-order valence-electron chi connectivity index (χ2n) is 10.4. The first-order chi connectivity index (χ1) is 18.3. The summed E-state index contributed by atoms with van der Waals surface area (Å²) in [6.07, 6.45) is 7.92. The van der Waals surface area contributed by atoms with E-state index in [1.807, 2.05) is 57.8 Å². The molecule has 1 aliphatic rings. The lowest BCUT2D eigenvalue weighted by molar-refractivity contribution is 0.0139. The SMILES string of the molecule is CSc1ncc(-c2ccc3nc(Cc4cc(CN5CCN(C(=O)OC(C)(C)C)CC5)ccn4)[nH]c3c2)cn1. The molecule has 1 aromatic carbocycles. The lowest BCUT2D eigenvalue weighted by Crippen LogP contribution is -2.49. The number of rotatable bonds is 6. The van der Waals surface area contributed by atoms with Crippen LogP contribution in [0.1, 0.15) is 37.9 Å². The lowest BCUT2D eigenvalue weighted by Gasteiger charge is -2.35. The summed E-state index contributed by atoms with van der Waals surface area (Å²) in [5, 5.41) is 0.761. The number of carbonyl (C=O) groups excluding carboxylic acids is 1. The molecule has 38 heavy (non-hydrogen) atoms. The molecule has 0 radical (unpaired) electrons. The minimum Gasteiger partial charge on any atom is -0.444 e. The van der Waals surface area contributed by atoms with Gasteiger partial charge >= 0.3 is 6.09 Å². The van der Waals surface area contributed by atoms with Gasteiger partial charge in [-0.3, -0.25) is 9.88 Å². The molecule has 9 nitrogen and oxygen atoms in total. The van der Waals surface area contributed by atoms with Crippen LogP contribution in [0.3, 0.4) is 0 Å². The highest BCUT2D eigenvalue weighted by atomic mass is 32.2. The predicted molar refractivity (Wildman–Crippen MR) is 149 cm³/mol. The van der Waals surface area contributed by atoms with Gasteiger partial charge in [-0.15, -0.1) is 0 Å². The van der Waals surface area contributed by atoms with E-state index in [4.69, 9.17) is 9.72 Å². The van der Waals surface area contributed by atoms with Gasteiger partial charge in [0.05, 0.1) is 11.0 Å². The van der Waals surface area contributed by atoms with Crippen molar-refractivity contribution in [3.8, 4) is 11.1 Å². The van der Waals surface area contributed by atoms with Gasteiger partial charge in [0.15, 0.2) is 5.16 Å². The minimum atomic E-state index is -0.473. The van der Waals surface area contributed by atoms with Gasteiger partial charge in [0.25, 0.3) is 0 Å². The second kappa shape index (κ2) is 11.1. The first kappa shape index (κ1) is 26.1. The molecule has 198 valence electrons. The van der Waals surface area contributed by atoms with Crippen molar-refractivity contribution < 1.29 is 9.53 Å². The second-order valence-corrected chi connectivity index (χ2v) is 11.2. The van der Waals surface area contributed by atoms with Crippen molar-refractivity contribution in [1.82, 2.24) is 34.7 Å². The van der Waals surface area contributed by atoms with Crippen LogP contribution < -0.4 is 0 Å². The summed E-state index contributed by atoms with van der Waals surface area (Å²) in [5.74, 6) is 0.877. The standard InChI is InChI=1S/C28H33N7O2S/c1-28(2,3)37-27(36)35-11-9-34(10-12-35)18-19-7-8-29-22(13-19)15-25-32-23-6-5-20(14-24(23)33-25)21-16-30-26(38-4)31-17-21/h5-8,13-14,16-17H,9-12,15,18H2,1-4H3,(H,32,33). The Labute approximate surface area is 227 Å². The molecule has 0 atom stereocenters. The fourth-order valence-corrected chi connectivity index (χ4v) is 4.78. The van der Waals surface area contributed by atoms with Crippen LogP contribution in [0, 0.1) is 0 Å². The molecular weight excluding hydrogens is 498 g/mol. The van der Waals surface area contributed by atoms with Crippen molar-refractivity contribution in [2.45, 2.75) is 44.5 Å². The highest BCUT2D eigenvalue weighted by Gasteiger charge is 2.25. The average Bonchev–Trinajstić information content (AvgIpc) is 3.30. The van der Waals surface area contributed by atoms with Crippen LogP contribution in [0.5, 0.6) is 0 Å². The Morgan fingerprint density at radius 2 is 1.79 bits per heavy atom. The quantitative estimate of drug-likeness (QED) is 0.280. The van der Waals surface area contributed by atoms with Gasteiger partial charge in [-0.25, -0.2) is 19.7 Å². The van der Waals surface area contributed by atoms with Crippen LogP contribution in [0.2, 0.25) is 0 Å². The number of aromatic nitrogens is 5. The van der Waals surface area contributed by atoms with Gasteiger partial charge in [-0.05, 0) is 62.4 Å². The molecule has 0 saturated carbocycles. The van der Waals surface area contributed by atoms with Crippen molar-refractivity contribution in [3.05, 3.63) is 66.0 Å². The Morgan fingerprint density at radius 1 is 1.03 bits per heavy atom. The molecule has 0 bridgehead atoms. The number of nitrogens with one attached hydrogen (secondary N) is 1. The van der Waals surface area contributed by atoms with E-state index in [2.05, 4.69) is 43.0 Å². The predicted octanol–water partition coefficient (Wildman–Crippen LogP) is 4.78. The molecular formula is C28H33N7O2S. The van der Waals surface area contributed by atoms with Crippen molar-refractivity contribution in [3.63, 3.8) is 0 Å². The fourth-order valence-electron chi connectivity index (χ4n) is 4.46. The summed E-state index contributed by atoms with van der Waals surface area (Å²) < 4.78 is 5.51. The summed E-state index contributed by atoms with van der Waals surface area (Å²) in [4.78, 5) is 38.1. The zero-order chi connectivity index (χ0) is 26.7. The van der Waals surface area contributed by atoms with Gasteiger partial charge in [-0.1, -0.05) is 17.8 Å². The van der Waals surface area contributed by atoms with Gasteiger partial charge in [0.2, 0.25) is 0 Å². The Hall–Kier alpha value is -3.50. The Kier molecular flexibility index (Phi) is 7.62. The number of benzene rings is 1. The largest absolute Gasteiger partial charge is 0.444 e. The topological polar surface area (TPSA) is 100 Å². The monoisotopic (exact) mass is 531 g/mol. The summed E-state index contributed by atoms with van der Waals surface area (Å²) in [5.41, 5.74) is 5.62. The number of aromatic amines is 1. The molecule has 5 rings (SSSR count). The van der Waals surface area contributed by atoms with Crippen molar-refractivity contribution in [2.75, 3.05) is 32.4 Å². The number of hydrogen-bond acceptors (Lipinski definition) is 8. The van der Waals surface area contributed by atoms with Gasteiger partial charge in [0, 0.05) is 69.0 Å². The molecule has 1 saturated heterocycles. The maximum absolute atomic E-state index is 12.3. The first-order valence-corrected chi connectivity index (χ1v) is 14.0. The highest BCUT2D eigenvalue weighted by molar-refractivity contribution is 7.98. The molecule has 10 heteroatoms. The number of amides is 1. The number of nitrogens with zero attached hydrogens (tertiary/aromatic N) is 6. The molecule has 1 amide bonds. The molecule has 4 aromatic rings. The minimum absolute atomic E-state index is 0.233. The van der Waals surface area contributed by atoms with E-state index in [-0.39, 0.29) is 6.09 Å². The normalized spacial score (nSPS) is 14.7. The third-order valence-corrected chi connectivity index (χ3v) is 6.91. The number of H-pyrrole nitrogens is 1. The van der Waals surface area contributed by atoms with Crippen molar-refractivity contribution in [1.29, 1.82) is 0 Å². The summed E-state index contributed by atoms with van der Waals surface area (Å²) in [6, 6.07) is 10.4. The molecule has 1 fully saturated rings. The van der Waals surface area contributed by atoms with E-state index in [9.17, 15) is 4.79 Å². The van der Waals surface area contributed by atoms with E-state index >= 15 is 0 Å². The Balaban J connectivity index is 1.20. The third-order valence-electron chi connectivity index (χ3n) is 6.33. The number of thioether (sulfide) groups is 1. The fraction of sp³-hybridized carbons (Fsp3) is 0.393. The van der Waals surface area contributed by atoms with Gasteiger partial charge in [0.1, 0.15) is 11.4 Å². The van der Waals surface area contributed by atoms with Crippen LogP contribution in [-0.4, -0.2) is 78.8 Å². The maximum Gasteiger partial charge on any atom is 0.410 e. The number of carbonyl (C=O) groups is 1. The van der Waals surface area contributed by atoms with Crippen LogP contribution >= 0.6 is 11.8 Å².